The Hall–Kier alpha value is -1.87. The second-order valence-electron chi connectivity index (χ2n) is 6.32. The number of rotatable bonds is 7. The average molecular weight is 296 g/mol. The van der Waals surface area contributed by atoms with Crippen molar-refractivity contribution in [2.45, 2.75) is 39.3 Å². The van der Waals surface area contributed by atoms with Gasteiger partial charge in [-0.25, -0.2) is 0 Å². The second-order valence-corrected chi connectivity index (χ2v) is 6.32. The van der Waals surface area contributed by atoms with Crippen LogP contribution in [-0.4, -0.2) is 11.6 Å². The highest BCUT2D eigenvalue weighted by Crippen LogP contribution is 2.29. The molecule has 1 aliphatic carbocycles. The summed E-state index contributed by atoms with van der Waals surface area (Å²) in [6, 6.07) is 10.9. The molecule has 1 saturated carbocycles. The number of pyridine rings is 1. The van der Waals surface area contributed by atoms with E-state index in [1.165, 1.54) is 29.5 Å². The van der Waals surface area contributed by atoms with Crippen LogP contribution in [-0.2, 0) is 11.3 Å². The van der Waals surface area contributed by atoms with E-state index in [1.807, 2.05) is 12.4 Å². The number of benzene rings is 1. The molecule has 1 aliphatic rings. The van der Waals surface area contributed by atoms with Crippen molar-refractivity contribution in [3.05, 3.63) is 59.4 Å². The molecule has 1 aromatic carbocycles. The molecule has 3 nitrogen and oxygen atoms in total. The van der Waals surface area contributed by atoms with Crippen LogP contribution in [0, 0.1) is 12.8 Å². The number of anilines is 1. The quantitative estimate of drug-likeness (QED) is 0.817. The number of aromatic nitrogens is 1. The molecule has 116 valence electrons. The number of ether oxygens (including phenoxy) is 1. The average Bonchev–Trinajstić information content (AvgIpc) is 3.32. The van der Waals surface area contributed by atoms with Crippen LogP contribution in [0.2, 0.25) is 0 Å². The first-order valence-corrected chi connectivity index (χ1v) is 8.05. The Morgan fingerprint density at radius 2 is 2.14 bits per heavy atom. The van der Waals surface area contributed by atoms with Crippen molar-refractivity contribution in [1.29, 1.82) is 0 Å². The van der Waals surface area contributed by atoms with Crippen LogP contribution in [0.1, 0.15) is 42.5 Å². The monoisotopic (exact) mass is 296 g/mol. The molecule has 1 aromatic heterocycles. The van der Waals surface area contributed by atoms with Crippen molar-refractivity contribution < 1.29 is 4.74 Å². The first-order valence-electron chi connectivity index (χ1n) is 8.05. The van der Waals surface area contributed by atoms with Gasteiger partial charge in [-0.05, 0) is 61.4 Å². The van der Waals surface area contributed by atoms with E-state index in [9.17, 15) is 0 Å². The van der Waals surface area contributed by atoms with E-state index in [-0.39, 0.29) is 6.04 Å². The Balaban J connectivity index is 1.59. The van der Waals surface area contributed by atoms with Crippen LogP contribution in [0.5, 0.6) is 0 Å². The highest BCUT2D eigenvalue weighted by molar-refractivity contribution is 5.47. The Bertz CT molecular complexity index is 622. The largest absolute Gasteiger partial charge is 0.378 e. The van der Waals surface area contributed by atoms with Gasteiger partial charge in [-0.15, -0.1) is 0 Å². The molecule has 1 unspecified atom stereocenters. The van der Waals surface area contributed by atoms with Gasteiger partial charge in [0.15, 0.2) is 0 Å². The molecule has 1 N–H and O–H groups in total. The number of hydrogen-bond acceptors (Lipinski definition) is 3. The zero-order chi connectivity index (χ0) is 15.4. The zero-order valence-corrected chi connectivity index (χ0v) is 13.4. The van der Waals surface area contributed by atoms with E-state index in [0.717, 1.165) is 18.2 Å². The maximum absolute atomic E-state index is 5.77. The lowest BCUT2D eigenvalue weighted by Gasteiger charge is -2.16. The van der Waals surface area contributed by atoms with Gasteiger partial charge in [-0.3, -0.25) is 4.98 Å². The molecule has 1 atom stereocenters. The molecule has 2 aromatic rings. The normalized spacial score (nSPS) is 15.5. The topological polar surface area (TPSA) is 34.2 Å². The lowest BCUT2D eigenvalue weighted by atomic mass is 10.1. The first-order chi connectivity index (χ1) is 10.7. The van der Waals surface area contributed by atoms with E-state index in [1.54, 1.807) is 0 Å². The summed E-state index contributed by atoms with van der Waals surface area (Å²) >= 11 is 0. The van der Waals surface area contributed by atoms with E-state index >= 15 is 0 Å². The van der Waals surface area contributed by atoms with Crippen LogP contribution >= 0.6 is 0 Å². The Morgan fingerprint density at radius 1 is 1.27 bits per heavy atom. The molecule has 0 amide bonds. The van der Waals surface area contributed by atoms with Gasteiger partial charge in [0.1, 0.15) is 0 Å². The third-order valence-corrected chi connectivity index (χ3v) is 4.03. The number of nitrogens with one attached hydrogen (secondary N) is 1. The molecular weight excluding hydrogens is 272 g/mol. The van der Waals surface area contributed by atoms with Crippen molar-refractivity contribution in [1.82, 2.24) is 4.98 Å². The lowest BCUT2D eigenvalue weighted by Crippen LogP contribution is -2.07. The highest BCUT2D eigenvalue weighted by Gasteiger charge is 2.21. The molecule has 22 heavy (non-hydrogen) atoms. The fourth-order valence-electron chi connectivity index (χ4n) is 2.53. The van der Waals surface area contributed by atoms with Gasteiger partial charge < -0.3 is 10.1 Å². The zero-order valence-electron chi connectivity index (χ0n) is 13.4. The number of nitrogens with zero attached hydrogens (tertiary/aromatic N) is 1. The van der Waals surface area contributed by atoms with Gasteiger partial charge in [0.25, 0.3) is 0 Å². The molecule has 1 fully saturated rings. The molecule has 1 heterocycles. The van der Waals surface area contributed by atoms with Crippen LogP contribution in [0.3, 0.4) is 0 Å². The Labute approximate surface area is 132 Å². The van der Waals surface area contributed by atoms with Gasteiger partial charge in [0, 0.05) is 24.7 Å². The Morgan fingerprint density at radius 3 is 2.91 bits per heavy atom. The smallest absolute Gasteiger partial charge is 0.0717 e. The van der Waals surface area contributed by atoms with Gasteiger partial charge in [-0.1, -0.05) is 18.2 Å². The van der Waals surface area contributed by atoms with Gasteiger partial charge in [0.05, 0.1) is 12.6 Å². The Kier molecular flexibility index (Phi) is 4.74. The summed E-state index contributed by atoms with van der Waals surface area (Å²) in [4.78, 5) is 4.27. The molecule has 0 radical (unpaired) electrons. The van der Waals surface area contributed by atoms with E-state index < -0.39 is 0 Å². The molecule has 0 saturated heterocycles. The minimum atomic E-state index is 0.232. The van der Waals surface area contributed by atoms with Crippen LogP contribution in [0.25, 0.3) is 0 Å². The molecule has 3 rings (SSSR count). The van der Waals surface area contributed by atoms with Crippen molar-refractivity contribution in [2.75, 3.05) is 11.9 Å². The standard InChI is InChI=1S/C19H24N2O/c1-14-8-18(11-20-10-14)15(2)21-19-5-3-4-17(9-19)13-22-12-16-6-7-16/h3-5,8-11,15-16,21H,6-7,12-13H2,1-2H3. The summed E-state index contributed by atoms with van der Waals surface area (Å²) in [5, 5.41) is 3.54. The van der Waals surface area contributed by atoms with Gasteiger partial charge in [-0.2, -0.15) is 0 Å². The third-order valence-electron chi connectivity index (χ3n) is 4.03. The minimum absolute atomic E-state index is 0.232. The van der Waals surface area contributed by atoms with E-state index in [2.05, 4.69) is 54.5 Å². The fourth-order valence-corrected chi connectivity index (χ4v) is 2.53. The van der Waals surface area contributed by atoms with Crippen molar-refractivity contribution in [2.24, 2.45) is 5.92 Å². The van der Waals surface area contributed by atoms with Crippen molar-refractivity contribution in [3.8, 4) is 0 Å². The predicted octanol–water partition coefficient (Wildman–Crippen LogP) is 4.49. The summed E-state index contributed by atoms with van der Waals surface area (Å²) < 4.78 is 5.77. The van der Waals surface area contributed by atoms with Crippen LogP contribution in [0.15, 0.2) is 42.7 Å². The number of aryl methyl sites for hydroxylation is 1. The summed E-state index contributed by atoms with van der Waals surface area (Å²) in [7, 11) is 0. The van der Waals surface area contributed by atoms with Gasteiger partial charge >= 0.3 is 0 Å². The summed E-state index contributed by atoms with van der Waals surface area (Å²) in [6.45, 7) is 5.84. The van der Waals surface area contributed by atoms with Gasteiger partial charge in [0.2, 0.25) is 0 Å². The SMILES string of the molecule is Cc1cncc(C(C)Nc2cccc(COCC3CC3)c2)c1. The first kappa shape index (κ1) is 15.0. The second kappa shape index (κ2) is 6.93. The van der Waals surface area contributed by atoms with Crippen LogP contribution < -0.4 is 5.32 Å². The van der Waals surface area contributed by atoms with Crippen molar-refractivity contribution in [3.63, 3.8) is 0 Å². The highest BCUT2D eigenvalue weighted by atomic mass is 16.5. The minimum Gasteiger partial charge on any atom is -0.378 e. The molecule has 0 aliphatic heterocycles. The third kappa shape index (κ3) is 4.31. The fraction of sp³-hybridized carbons (Fsp3) is 0.421. The van der Waals surface area contributed by atoms with E-state index in [0.29, 0.717) is 6.61 Å². The van der Waals surface area contributed by atoms with Crippen molar-refractivity contribution >= 4 is 5.69 Å². The maximum atomic E-state index is 5.77. The molecule has 0 spiro atoms. The molecular formula is C19H24N2O. The van der Waals surface area contributed by atoms with Crippen LogP contribution in [0.4, 0.5) is 5.69 Å². The summed E-state index contributed by atoms with van der Waals surface area (Å²) in [5.41, 5.74) is 4.74. The summed E-state index contributed by atoms with van der Waals surface area (Å²) in [6.07, 6.45) is 6.48. The molecule has 3 heteroatoms. The lowest BCUT2D eigenvalue weighted by molar-refractivity contribution is 0.111. The van der Waals surface area contributed by atoms with E-state index in [4.69, 9.17) is 4.74 Å². The summed E-state index contributed by atoms with van der Waals surface area (Å²) in [5.74, 6) is 0.815. The number of hydrogen-bond donors (Lipinski definition) is 1. The maximum Gasteiger partial charge on any atom is 0.0717 e. The molecule has 0 bridgehead atoms. The predicted molar refractivity (Wildman–Crippen MR) is 89.8 cm³/mol.